The fraction of sp³-hybridized carbons (Fsp3) is 0.625. The molecule has 2 aliphatic heterocycles. The second-order valence-electron chi connectivity index (χ2n) is 8.91. The van der Waals surface area contributed by atoms with Crippen LogP contribution in [0.1, 0.15) is 51.0 Å². The van der Waals surface area contributed by atoms with Gasteiger partial charge in [-0.05, 0) is 38.7 Å². The van der Waals surface area contributed by atoms with Crippen LogP contribution in [0.2, 0.25) is 0 Å². The van der Waals surface area contributed by atoms with Crippen molar-refractivity contribution in [2.75, 3.05) is 32.9 Å². The number of esters is 1. The number of carboxylic acids is 1. The third-order valence-electron chi connectivity index (χ3n) is 6.61. The van der Waals surface area contributed by atoms with Crippen molar-refractivity contribution < 1.29 is 29.0 Å². The average Bonchev–Trinajstić information content (AvgIpc) is 3.24. The second-order valence-corrected chi connectivity index (χ2v) is 8.91. The van der Waals surface area contributed by atoms with E-state index in [9.17, 15) is 19.5 Å². The zero-order valence-corrected chi connectivity index (χ0v) is 18.9. The molecular formula is C24H34N2O6. The number of rotatable bonds is 9. The van der Waals surface area contributed by atoms with Crippen LogP contribution in [0.15, 0.2) is 30.3 Å². The highest BCUT2D eigenvalue weighted by Gasteiger charge is 2.46. The average molecular weight is 447 g/mol. The lowest BCUT2D eigenvalue weighted by Gasteiger charge is -2.44. The number of nitrogens with zero attached hydrogens (tertiary/aromatic N) is 1. The Hall–Kier alpha value is -2.45. The zero-order valence-electron chi connectivity index (χ0n) is 18.9. The SMILES string of the molecule is CCOC(=O)CC(CN[C@@H](C)C(=O)N1CC2(CCOC2)CCC1C(=O)O)c1ccccc1. The summed E-state index contributed by atoms with van der Waals surface area (Å²) >= 11 is 0. The number of benzene rings is 1. The van der Waals surface area contributed by atoms with Crippen molar-refractivity contribution in [1.29, 1.82) is 0 Å². The number of nitrogens with one attached hydrogen (secondary N) is 1. The predicted octanol–water partition coefficient (Wildman–Crippen LogP) is 2.18. The molecule has 2 aliphatic rings. The summed E-state index contributed by atoms with van der Waals surface area (Å²) in [4.78, 5) is 38.8. The molecule has 2 heterocycles. The van der Waals surface area contributed by atoms with Crippen LogP contribution in [-0.4, -0.2) is 72.8 Å². The molecule has 0 radical (unpaired) electrons. The Labute approximate surface area is 189 Å². The molecule has 1 amide bonds. The third kappa shape index (κ3) is 5.86. The number of carboxylic acid groups (broad SMARTS) is 1. The van der Waals surface area contributed by atoms with Crippen molar-refractivity contribution in [3.8, 4) is 0 Å². The Balaban J connectivity index is 1.67. The number of ether oxygens (including phenoxy) is 2. The molecule has 0 bridgehead atoms. The number of hydrogen-bond donors (Lipinski definition) is 2. The van der Waals surface area contributed by atoms with Crippen LogP contribution in [0.3, 0.4) is 0 Å². The summed E-state index contributed by atoms with van der Waals surface area (Å²) in [5.41, 5.74) is 0.841. The van der Waals surface area contributed by atoms with Gasteiger partial charge in [0.15, 0.2) is 0 Å². The van der Waals surface area contributed by atoms with Crippen LogP contribution in [0.4, 0.5) is 0 Å². The molecule has 32 heavy (non-hydrogen) atoms. The minimum atomic E-state index is -0.969. The maximum Gasteiger partial charge on any atom is 0.326 e. The molecule has 3 rings (SSSR count). The summed E-state index contributed by atoms with van der Waals surface area (Å²) < 4.78 is 10.7. The highest BCUT2D eigenvalue weighted by atomic mass is 16.5. The van der Waals surface area contributed by atoms with Crippen LogP contribution in [0, 0.1) is 5.41 Å². The maximum atomic E-state index is 13.3. The number of amides is 1. The molecule has 4 atom stereocenters. The van der Waals surface area contributed by atoms with Crippen molar-refractivity contribution in [2.45, 2.75) is 57.5 Å². The van der Waals surface area contributed by atoms with E-state index in [2.05, 4.69) is 5.32 Å². The number of carbonyl (C=O) groups excluding carboxylic acids is 2. The maximum absolute atomic E-state index is 13.3. The summed E-state index contributed by atoms with van der Waals surface area (Å²) in [5, 5.41) is 12.9. The van der Waals surface area contributed by atoms with Crippen LogP contribution in [0.5, 0.6) is 0 Å². The van der Waals surface area contributed by atoms with E-state index >= 15 is 0 Å². The van der Waals surface area contributed by atoms with Gasteiger partial charge in [0, 0.05) is 31.0 Å². The second kappa shape index (κ2) is 10.9. The van der Waals surface area contributed by atoms with Crippen LogP contribution in [-0.2, 0) is 23.9 Å². The van der Waals surface area contributed by atoms with Gasteiger partial charge in [0.05, 0.1) is 25.7 Å². The lowest BCUT2D eigenvalue weighted by Crippen LogP contribution is -2.58. The minimum absolute atomic E-state index is 0.141. The molecule has 0 aliphatic carbocycles. The van der Waals surface area contributed by atoms with Crippen molar-refractivity contribution in [1.82, 2.24) is 10.2 Å². The first-order valence-corrected chi connectivity index (χ1v) is 11.4. The van der Waals surface area contributed by atoms with Crippen molar-refractivity contribution in [2.24, 2.45) is 5.41 Å². The standard InChI is InChI=1S/C24H34N2O6/c1-3-32-21(27)13-19(18-7-5-4-6-8-18)14-25-17(2)22(28)26-15-24(11-12-31-16-24)10-9-20(26)23(29)30/h4-8,17,19-20,25H,3,9-16H2,1-2H3,(H,29,30)/t17-,19?,20?,24?/m0/s1. The van der Waals surface area contributed by atoms with E-state index in [1.54, 1.807) is 13.8 Å². The Bertz CT molecular complexity index is 793. The van der Waals surface area contributed by atoms with Gasteiger partial charge in [-0.1, -0.05) is 30.3 Å². The van der Waals surface area contributed by atoms with E-state index in [-0.39, 0.29) is 29.6 Å². The molecule has 0 saturated carbocycles. The summed E-state index contributed by atoms with van der Waals surface area (Å²) in [7, 11) is 0. The molecule has 3 unspecified atom stereocenters. The molecule has 176 valence electrons. The lowest BCUT2D eigenvalue weighted by molar-refractivity contribution is -0.156. The van der Waals surface area contributed by atoms with Gasteiger partial charge in [0.25, 0.3) is 0 Å². The van der Waals surface area contributed by atoms with Crippen molar-refractivity contribution in [3.63, 3.8) is 0 Å². The van der Waals surface area contributed by atoms with Crippen LogP contribution >= 0.6 is 0 Å². The molecule has 2 fully saturated rings. The van der Waals surface area contributed by atoms with Gasteiger partial charge in [-0.25, -0.2) is 4.79 Å². The fourth-order valence-corrected chi connectivity index (χ4v) is 4.72. The van der Waals surface area contributed by atoms with E-state index in [4.69, 9.17) is 9.47 Å². The molecule has 1 spiro atoms. The third-order valence-corrected chi connectivity index (χ3v) is 6.61. The molecule has 2 N–H and O–H groups in total. The fourth-order valence-electron chi connectivity index (χ4n) is 4.72. The Morgan fingerprint density at radius 3 is 2.66 bits per heavy atom. The summed E-state index contributed by atoms with van der Waals surface area (Å²) in [5.74, 6) is -1.64. The lowest BCUT2D eigenvalue weighted by atomic mass is 9.77. The topological polar surface area (TPSA) is 105 Å². The highest BCUT2D eigenvalue weighted by Crippen LogP contribution is 2.40. The molecule has 0 aromatic heterocycles. The Morgan fingerprint density at radius 1 is 1.28 bits per heavy atom. The summed E-state index contributed by atoms with van der Waals surface area (Å²) in [6, 6.07) is 8.24. The first kappa shape index (κ1) is 24.2. The van der Waals surface area contributed by atoms with Gasteiger partial charge in [0.1, 0.15) is 6.04 Å². The van der Waals surface area contributed by atoms with E-state index in [0.29, 0.717) is 39.3 Å². The van der Waals surface area contributed by atoms with Gasteiger partial charge < -0.3 is 24.8 Å². The first-order valence-electron chi connectivity index (χ1n) is 11.4. The quantitative estimate of drug-likeness (QED) is 0.560. The molecule has 2 saturated heterocycles. The van der Waals surface area contributed by atoms with E-state index in [1.165, 1.54) is 4.90 Å². The monoisotopic (exact) mass is 446 g/mol. The number of aliphatic carboxylic acids is 1. The van der Waals surface area contributed by atoms with Crippen molar-refractivity contribution >= 4 is 17.8 Å². The molecular weight excluding hydrogens is 412 g/mol. The molecule has 1 aromatic rings. The van der Waals surface area contributed by atoms with Gasteiger partial charge in [-0.2, -0.15) is 0 Å². The Kier molecular flexibility index (Phi) is 8.26. The van der Waals surface area contributed by atoms with Gasteiger partial charge in [-0.15, -0.1) is 0 Å². The van der Waals surface area contributed by atoms with Crippen molar-refractivity contribution in [3.05, 3.63) is 35.9 Å². The van der Waals surface area contributed by atoms with Crippen LogP contribution in [0.25, 0.3) is 0 Å². The smallest absolute Gasteiger partial charge is 0.326 e. The first-order chi connectivity index (χ1) is 15.3. The summed E-state index contributed by atoms with van der Waals surface area (Å²) in [6.45, 7) is 5.86. The Morgan fingerprint density at radius 2 is 2.03 bits per heavy atom. The van der Waals surface area contributed by atoms with Gasteiger partial charge >= 0.3 is 11.9 Å². The minimum Gasteiger partial charge on any atom is -0.480 e. The normalized spacial score (nSPS) is 24.8. The molecule has 1 aromatic carbocycles. The largest absolute Gasteiger partial charge is 0.480 e. The van der Waals surface area contributed by atoms with Crippen LogP contribution < -0.4 is 5.32 Å². The number of likely N-dealkylation sites (tertiary alicyclic amines) is 1. The van der Waals surface area contributed by atoms with E-state index in [0.717, 1.165) is 18.4 Å². The predicted molar refractivity (Wildman–Crippen MR) is 118 cm³/mol. The van der Waals surface area contributed by atoms with Gasteiger partial charge in [-0.3, -0.25) is 9.59 Å². The molecule has 8 heteroatoms. The van der Waals surface area contributed by atoms with E-state index < -0.39 is 18.1 Å². The molecule has 8 nitrogen and oxygen atoms in total. The summed E-state index contributed by atoms with van der Waals surface area (Å²) in [6.07, 6.45) is 2.24. The number of piperidine rings is 1. The number of hydrogen-bond acceptors (Lipinski definition) is 6. The zero-order chi connectivity index (χ0) is 23.1. The van der Waals surface area contributed by atoms with Gasteiger partial charge in [0.2, 0.25) is 5.91 Å². The highest BCUT2D eigenvalue weighted by molar-refractivity contribution is 5.87. The number of carbonyl (C=O) groups is 3. The van der Waals surface area contributed by atoms with E-state index in [1.807, 2.05) is 30.3 Å².